The number of aliphatic imine (C=N–C) groups is 1. The fourth-order valence-electron chi connectivity index (χ4n) is 3.46. The van der Waals surface area contributed by atoms with E-state index in [1.54, 1.807) is 0 Å². The molecule has 0 atom stereocenters. The fourth-order valence-corrected chi connectivity index (χ4v) is 3.46. The Morgan fingerprint density at radius 3 is 2.04 bits per heavy atom. The second-order valence-corrected chi connectivity index (χ2v) is 6.75. The predicted octanol–water partition coefficient (Wildman–Crippen LogP) is 6.65. The van der Waals surface area contributed by atoms with Gasteiger partial charge in [0.05, 0.1) is 11.4 Å². The molecule has 0 saturated heterocycles. The summed E-state index contributed by atoms with van der Waals surface area (Å²) >= 11 is 0. The SMILES string of the molecule is C=Nc1cc(-c2ccc(CC)cc2)ccc1N(C)C(CCC)CCC. The molecular formula is C23H32N2. The molecule has 0 fully saturated rings. The van der Waals surface area contributed by atoms with E-state index in [0.717, 1.165) is 12.1 Å². The minimum absolute atomic E-state index is 0.560. The third kappa shape index (κ3) is 4.72. The van der Waals surface area contributed by atoms with Crippen molar-refractivity contribution in [1.29, 1.82) is 0 Å². The molecule has 0 unspecified atom stereocenters. The standard InChI is InChI=1S/C23H32N2/c1-6-9-21(10-7-2)25(5)23-16-15-20(17-22(23)24-4)19-13-11-18(8-3)12-14-19/h11-17,21H,4,6-10H2,1-3,5H3. The van der Waals surface area contributed by atoms with Crippen LogP contribution in [0, 0.1) is 0 Å². The molecule has 2 nitrogen and oxygen atoms in total. The van der Waals surface area contributed by atoms with E-state index < -0.39 is 0 Å². The Hall–Kier alpha value is -2.09. The van der Waals surface area contributed by atoms with Crippen LogP contribution >= 0.6 is 0 Å². The summed E-state index contributed by atoms with van der Waals surface area (Å²) in [6.45, 7) is 10.5. The van der Waals surface area contributed by atoms with Crippen LogP contribution in [-0.2, 0) is 6.42 Å². The molecule has 0 bridgehead atoms. The monoisotopic (exact) mass is 336 g/mol. The van der Waals surface area contributed by atoms with Gasteiger partial charge >= 0.3 is 0 Å². The van der Waals surface area contributed by atoms with Crippen molar-refractivity contribution in [2.24, 2.45) is 4.99 Å². The number of rotatable bonds is 9. The largest absolute Gasteiger partial charge is 0.370 e. The number of hydrogen-bond acceptors (Lipinski definition) is 2. The van der Waals surface area contributed by atoms with Gasteiger partial charge in [-0.1, -0.05) is 63.9 Å². The zero-order valence-corrected chi connectivity index (χ0v) is 16.3. The van der Waals surface area contributed by atoms with Crippen molar-refractivity contribution < 1.29 is 0 Å². The summed E-state index contributed by atoms with van der Waals surface area (Å²) in [5.74, 6) is 0. The zero-order valence-electron chi connectivity index (χ0n) is 16.3. The minimum atomic E-state index is 0.560. The Morgan fingerprint density at radius 2 is 1.52 bits per heavy atom. The van der Waals surface area contributed by atoms with Crippen molar-refractivity contribution in [1.82, 2.24) is 0 Å². The molecule has 0 radical (unpaired) electrons. The van der Waals surface area contributed by atoms with Crippen LogP contribution in [-0.4, -0.2) is 19.8 Å². The van der Waals surface area contributed by atoms with Crippen molar-refractivity contribution in [3.05, 3.63) is 48.0 Å². The van der Waals surface area contributed by atoms with E-state index in [9.17, 15) is 0 Å². The van der Waals surface area contributed by atoms with Crippen molar-refractivity contribution in [3.63, 3.8) is 0 Å². The Bertz CT molecular complexity index is 667. The van der Waals surface area contributed by atoms with E-state index in [2.05, 4.69) is 86.9 Å². The molecule has 134 valence electrons. The van der Waals surface area contributed by atoms with Crippen LogP contribution in [0.5, 0.6) is 0 Å². The minimum Gasteiger partial charge on any atom is -0.370 e. The van der Waals surface area contributed by atoms with Crippen LogP contribution in [0.25, 0.3) is 11.1 Å². The van der Waals surface area contributed by atoms with E-state index in [-0.39, 0.29) is 0 Å². The maximum atomic E-state index is 4.32. The van der Waals surface area contributed by atoms with E-state index in [1.807, 2.05) is 0 Å². The van der Waals surface area contributed by atoms with E-state index in [0.29, 0.717) is 6.04 Å². The van der Waals surface area contributed by atoms with Gasteiger partial charge in [0.15, 0.2) is 0 Å². The van der Waals surface area contributed by atoms with Crippen molar-refractivity contribution in [2.75, 3.05) is 11.9 Å². The normalized spacial score (nSPS) is 10.9. The van der Waals surface area contributed by atoms with Gasteiger partial charge in [0.1, 0.15) is 0 Å². The van der Waals surface area contributed by atoms with Gasteiger partial charge in [-0.2, -0.15) is 0 Å². The number of hydrogen-bond donors (Lipinski definition) is 0. The maximum Gasteiger partial charge on any atom is 0.0861 e. The zero-order chi connectivity index (χ0) is 18.2. The average molecular weight is 337 g/mol. The van der Waals surface area contributed by atoms with Gasteiger partial charge in [-0.3, -0.25) is 4.99 Å². The van der Waals surface area contributed by atoms with E-state index >= 15 is 0 Å². The van der Waals surface area contributed by atoms with Crippen LogP contribution in [0.15, 0.2) is 47.5 Å². The van der Waals surface area contributed by atoms with E-state index in [4.69, 9.17) is 0 Å². The topological polar surface area (TPSA) is 15.6 Å². The first-order valence-electron chi connectivity index (χ1n) is 9.57. The summed E-state index contributed by atoms with van der Waals surface area (Å²) in [4.78, 5) is 6.71. The van der Waals surface area contributed by atoms with E-state index in [1.165, 1.54) is 48.1 Å². The molecule has 0 aliphatic heterocycles. The van der Waals surface area contributed by atoms with Crippen LogP contribution in [0.2, 0.25) is 0 Å². The first-order valence-corrected chi connectivity index (χ1v) is 9.57. The third-order valence-corrected chi connectivity index (χ3v) is 5.01. The molecule has 0 heterocycles. The fraction of sp³-hybridized carbons (Fsp3) is 0.435. The molecule has 0 N–H and O–H groups in total. The molecule has 0 saturated carbocycles. The summed E-state index contributed by atoms with van der Waals surface area (Å²) in [6, 6.07) is 15.9. The van der Waals surface area contributed by atoms with Crippen molar-refractivity contribution in [3.8, 4) is 11.1 Å². The Kier molecular flexibility index (Phi) is 7.24. The van der Waals surface area contributed by atoms with Gasteiger partial charge in [-0.05, 0) is 54.8 Å². The van der Waals surface area contributed by atoms with Gasteiger partial charge in [0.25, 0.3) is 0 Å². The van der Waals surface area contributed by atoms with Crippen molar-refractivity contribution >= 4 is 18.1 Å². The maximum absolute atomic E-state index is 4.32. The second-order valence-electron chi connectivity index (χ2n) is 6.75. The van der Waals surface area contributed by atoms with Gasteiger partial charge < -0.3 is 4.90 Å². The van der Waals surface area contributed by atoms with Gasteiger partial charge in [0.2, 0.25) is 0 Å². The Labute approximate surface area is 153 Å². The average Bonchev–Trinajstić information content (AvgIpc) is 2.66. The lowest BCUT2D eigenvalue weighted by molar-refractivity contribution is 0.528. The molecule has 0 amide bonds. The smallest absolute Gasteiger partial charge is 0.0861 e. The second kappa shape index (κ2) is 9.41. The van der Waals surface area contributed by atoms with Gasteiger partial charge in [-0.25, -0.2) is 0 Å². The van der Waals surface area contributed by atoms with Gasteiger partial charge in [0, 0.05) is 13.1 Å². The molecule has 2 aromatic carbocycles. The van der Waals surface area contributed by atoms with Crippen molar-refractivity contribution in [2.45, 2.75) is 58.9 Å². The third-order valence-electron chi connectivity index (χ3n) is 5.01. The quantitative estimate of drug-likeness (QED) is 0.468. The lowest BCUT2D eigenvalue weighted by atomic mass is 10.0. The molecule has 2 heteroatoms. The molecule has 2 rings (SSSR count). The van der Waals surface area contributed by atoms with Gasteiger partial charge in [-0.15, -0.1) is 0 Å². The number of nitrogens with zero attached hydrogens (tertiary/aromatic N) is 2. The van der Waals surface area contributed by atoms with Crippen LogP contribution in [0.3, 0.4) is 0 Å². The molecular weight excluding hydrogens is 304 g/mol. The lowest BCUT2D eigenvalue weighted by Crippen LogP contribution is -2.31. The summed E-state index contributed by atoms with van der Waals surface area (Å²) < 4.78 is 0. The number of benzene rings is 2. The first kappa shape index (κ1) is 19.2. The highest BCUT2D eigenvalue weighted by molar-refractivity contribution is 5.77. The molecule has 0 aliphatic carbocycles. The Balaban J connectivity index is 2.32. The number of aryl methyl sites for hydroxylation is 1. The highest BCUT2D eigenvalue weighted by atomic mass is 15.1. The summed E-state index contributed by atoms with van der Waals surface area (Å²) in [5, 5.41) is 0. The number of anilines is 1. The van der Waals surface area contributed by atoms with Crippen LogP contribution in [0.1, 0.15) is 52.0 Å². The summed E-state index contributed by atoms with van der Waals surface area (Å²) in [7, 11) is 2.19. The lowest BCUT2D eigenvalue weighted by Gasteiger charge is -2.31. The first-order chi connectivity index (χ1) is 12.1. The Morgan fingerprint density at radius 1 is 0.920 bits per heavy atom. The molecule has 25 heavy (non-hydrogen) atoms. The highest BCUT2D eigenvalue weighted by Gasteiger charge is 2.16. The molecule has 0 spiro atoms. The molecule has 0 aromatic heterocycles. The summed E-state index contributed by atoms with van der Waals surface area (Å²) in [6.07, 6.45) is 5.89. The predicted molar refractivity (Wildman–Crippen MR) is 112 cm³/mol. The molecule has 2 aromatic rings. The highest BCUT2D eigenvalue weighted by Crippen LogP contribution is 2.35. The van der Waals surface area contributed by atoms with Crippen LogP contribution in [0.4, 0.5) is 11.4 Å². The summed E-state index contributed by atoms with van der Waals surface area (Å²) in [5.41, 5.74) is 5.94. The molecule has 0 aliphatic rings. The van der Waals surface area contributed by atoms with Crippen LogP contribution < -0.4 is 4.90 Å².